The molecule has 2 rings (SSSR count). The molecule has 0 saturated carbocycles. The van der Waals surface area contributed by atoms with Gasteiger partial charge in [-0.05, 0) is 47.6 Å². The molecule has 0 saturated heterocycles. The van der Waals surface area contributed by atoms with Crippen LogP contribution in [0.2, 0.25) is 8.67 Å². The molecule has 0 fully saturated rings. The maximum atomic E-state index is 6.78. The molecular weight excluding hydrogens is 343 g/mol. The highest BCUT2D eigenvalue weighted by atomic mass is 35.5. The number of aryl methyl sites for hydroxylation is 3. The molecule has 0 spiro atoms. The third kappa shape index (κ3) is 3.59. The monoisotopic (exact) mass is 360 g/mol. The van der Waals surface area contributed by atoms with Crippen LogP contribution in [0.1, 0.15) is 54.0 Å². The molecule has 0 aliphatic heterocycles. The second kappa shape index (κ2) is 7.37. The molecule has 21 heavy (non-hydrogen) atoms. The number of hydrogen-bond donors (Lipinski definition) is 0. The molecule has 1 heterocycles. The standard InChI is InChI=1S/C17H19Cl3S/c1-4-10-7-11(5-2)15(12(6-3)8-10)16(19)13-9-14(18)21-17(13)20/h7-9,16H,4-6H2,1-3H3. The molecule has 0 bridgehead atoms. The van der Waals surface area contributed by atoms with E-state index in [1.54, 1.807) is 0 Å². The summed E-state index contributed by atoms with van der Waals surface area (Å²) >= 11 is 20.5. The van der Waals surface area contributed by atoms with Gasteiger partial charge in [0.2, 0.25) is 0 Å². The normalized spacial score (nSPS) is 12.7. The Hall–Kier alpha value is -0.210. The molecule has 1 unspecified atom stereocenters. The molecule has 0 aliphatic rings. The van der Waals surface area contributed by atoms with Crippen molar-refractivity contribution >= 4 is 46.1 Å². The first kappa shape index (κ1) is 17.1. The highest BCUT2D eigenvalue weighted by molar-refractivity contribution is 7.20. The summed E-state index contributed by atoms with van der Waals surface area (Å²) in [5, 5.41) is -0.239. The minimum Gasteiger partial charge on any atom is -0.112 e. The van der Waals surface area contributed by atoms with E-state index in [-0.39, 0.29) is 5.38 Å². The number of thiophene rings is 1. The fourth-order valence-corrected chi connectivity index (χ4v) is 4.75. The molecule has 0 amide bonds. The zero-order chi connectivity index (χ0) is 15.6. The molecule has 0 N–H and O–H groups in total. The van der Waals surface area contributed by atoms with E-state index in [1.807, 2.05) is 6.07 Å². The molecule has 0 aliphatic carbocycles. The molecule has 0 radical (unpaired) electrons. The first-order valence-corrected chi connectivity index (χ1v) is 9.25. The first-order valence-electron chi connectivity index (χ1n) is 7.25. The van der Waals surface area contributed by atoms with Crippen molar-refractivity contribution in [3.8, 4) is 0 Å². The molecule has 1 atom stereocenters. The molecule has 1 aromatic heterocycles. The number of hydrogen-bond acceptors (Lipinski definition) is 1. The Bertz CT molecular complexity index is 606. The minimum absolute atomic E-state index is 0.239. The van der Waals surface area contributed by atoms with E-state index >= 15 is 0 Å². The average Bonchev–Trinajstić information content (AvgIpc) is 2.83. The summed E-state index contributed by atoms with van der Waals surface area (Å²) in [4.78, 5) is 0. The SMILES string of the molecule is CCc1cc(CC)c(C(Cl)c2cc(Cl)sc2Cl)c(CC)c1. The number of rotatable bonds is 5. The Labute approximate surface area is 146 Å². The Balaban J connectivity index is 2.58. The van der Waals surface area contributed by atoms with Crippen LogP contribution in [0, 0.1) is 0 Å². The van der Waals surface area contributed by atoms with Crippen LogP contribution in [-0.4, -0.2) is 0 Å². The van der Waals surface area contributed by atoms with Crippen LogP contribution in [0.3, 0.4) is 0 Å². The van der Waals surface area contributed by atoms with Gasteiger partial charge in [-0.2, -0.15) is 0 Å². The third-order valence-electron chi connectivity index (χ3n) is 3.79. The van der Waals surface area contributed by atoms with E-state index in [4.69, 9.17) is 34.8 Å². The van der Waals surface area contributed by atoms with Crippen molar-refractivity contribution in [2.24, 2.45) is 0 Å². The van der Waals surface area contributed by atoms with E-state index in [1.165, 1.54) is 33.6 Å². The predicted molar refractivity (Wildman–Crippen MR) is 96.6 cm³/mol. The topological polar surface area (TPSA) is 0 Å². The van der Waals surface area contributed by atoms with Gasteiger partial charge in [-0.25, -0.2) is 0 Å². The maximum absolute atomic E-state index is 6.78. The lowest BCUT2D eigenvalue weighted by molar-refractivity contribution is 0.966. The van der Waals surface area contributed by atoms with E-state index in [0.717, 1.165) is 24.8 Å². The van der Waals surface area contributed by atoms with Gasteiger partial charge < -0.3 is 0 Å². The van der Waals surface area contributed by atoms with Crippen molar-refractivity contribution in [1.29, 1.82) is 0 Å². The second-order valence-corrected chi connectivity index (χ2v) is 7.75. The molecule has 2 aromatic rings. The van der Waals surface area contributed by atoms with Gasteiger partial charge in [0.25, 0.3) is 0 Å². The number of benzene rings is 1. The van der Waals surface area contributed by atoms with Crippen LogP contribution in [-0.2, 0) is 19.3 Å². The fourth-order valence-electron chi connectivity index (χ4n) is 2.65. The largest absolute Gasteiger partial charge is 0.112 e. The van der Waals surface area contributed by atoms with E-state index in [9.17, 15) is 0 Å². The van der Waals surface area contributed by atoms with Crippen molar-refractivity contribution in [2.75, 3.05) is 0 Å². The number of halogens is 3. The first-order chi connectivity index (χ1) is 10.0. The Kier molecular flexibility index (Phi) is 6.02. The molecule has 1 aromatic carbocycles. The lowest BCUT2D eigenvalue weighted by Gasteiger charge is -2.20. The Morgan fingerprint density at radius 2 is 1.52 bits per heavy atom. The third-order valence-corrected chi connectivity index (χ3v) is 5.76. The zero-order valence-corrected chi connectivity index (χ0v) is 15.6. The molecule has 114 valence electrons. The minimum atomic E-state index is -0.239. The van der Waals surface area contributed by atoms with E-state index in [2.05, 4.69) is 32.9 Å². The number of alkyl halides is 1. The summed E-state index contributed by atoms with van der Waals surface area (Å²) in [6, 6.07) is 6.43. The summed E-state index contributed by atoms with van der Waals surface area (Å²) in [7, 11) is 0. The van der Waals surface area contributed by atoms with E-state index in [0.29, 0.717) is 8.67 Å². The van der Waals surface area contributed by atoms with Crippen molar-refractivity contribution < 1.29 is 0 Å². The van der Waals surface area contributed by atoms with E-state index < -0.39 is 0 Å². The van der Waals surface area contributed by atoms with Crippen LogP contribution < -0.4 is 0 Å². The van der Waals surface area contributed by atoms with Crippen LogP contribution in [0.4, 0.5) is 0 Å². The molecule has 4 heteroatoms. The van der Waals surface area contributed by atoms with Gasteiger partial charge in [-0.3, -0.25) is 0 Å². The van der Waals surface area contributed by atoms with Crippen LogP contribution in [0.5, 0.6) is 0 Å². The summed E-state index contributed by atoms with van der Waals surface area (Å²) in [6.45, 7) is 6.52. The summed E-state index contributed by atoms with van der Waals surface area (Å²) in [5.74, 6) is 0. The molecular formula is C17H19Cl3S. The van der Waals surface area contributed by atoms with Crippen molar-refractivity contribution in [1.82, 2.24) is 0 Å². The van der Waals surface area contributed by atoms with Crippen LogP contribution in [0.15, 0.2) is 18.2 Å². The van der Waals surface area contributed by atoms with Crippen LogP contribution in [0.25, 0.3) is 0 Å². The summed E-state index contributed by atoms with van der Waals surface area (Å²) in [6.07, 6.45) is 2.97. The quantitative estimate of drug-likeness (QED) is 0.499. The van der Waals surface area contributed by atoms with Crippen LogP contribution >= 0.6 is 46.1 Å². The van der Waals surface area contributed by atoms with Gasteiger partial charge in [0, 0.05) is 5.56 Å². The van der Waals surface area contributed by atoms with Crippen molar-refractivity contribution in [3.63, 3.8) is 0 Å². The summed E-state index contributed by atoms with van der Waals surface area (Å²) < 4.78 is 1.37. The van der Waals surface area contributed by atoms with Gasteiger partial charge in [0.15, 0.2) is 0 Å². The predicted octanol–water partition coefficient (Wildman–Crippen LogP) is 7.07. The Morgan fingerprint density at radius 1 is 0.952 bits per heavy atom. The maximum Gasteiger partial charge on any atom is 0.0994 e. The molecule has 0 nitrogen and oxygen atoms in total. The highest BCUT2D eigenvalue weighted by Gasteiger charge is 2.22. The highest BCUT2D eigenvalue weighted by Crippen LogP contribution is 2.43. The lowest BCUT2D eigenvalue weighted by atomic mass is 9.90. The lowest BCUT2D eigenvalue weighted by Crippen LogP contribution is -2.05. The fraction of sp³-hybridized carbons (Fsp3) is 0.412. The zero-order valence-electron chi connectivity index (χ0n) is 12.5. The smallest absolute Gasteiger partial charge is 0.0994 e. The second-order valence-electron chi connectivity index (χ2n) is 5.03. The van der Waals surface area contributed by atoms with Gasteiger partial charge >= 0.3 is 0 Å². The van der Waals surface area contributed by atoms with Gasteiger partial charge in [0.05, 0.1) is 14.0 Å². The summed E-state index contributed by atoms with van der Waals surface area (Å²) in [5.41, 5.74) is 6.11. The van der Waals surface area contributed by atoms with Crippen molar-refractivity contribution in [2.45, 2.75) is 45.4 Å². The van der Waals surface area contributed by atoms with Crippen molar-refractivity contribution in [3.05, 3.63) is 54.7 Å². The Morgan fingerprint density at radius 3 is 1.90 bits per heavy atom. The van der Waals surface area contributed by atoms with Gasteiger partial charge in [-0.15, -0.1) is 22.9 Å². The van der Waals surface area contributed by atoms with Gasteiger partial charge in [0.1, 0.15) is 0 Å². The average molecular weight is 362 g/mol. The van der Waals surface area contributed by atoms with Gasteiger partial charge in [-0.1, -0.05) is 56.1 Å².